The minimum atomic E-state index is -0.605. The van der Waals surface area contributed by atoms with Crippen LogP contribution in [0.25, 0.3) is 11.0 Å². The van der Waals surface area contributed by atoms with Gasteiger partial charge in [-0.3, -0.25) is 4.79 Å². The van der Waals surface area contributed by atoms with Gasteiger partial charge < -0.3 is 23.4 Å². The molecule has 8 heteroatoms. The van der Waals surface area contributed by atoms with Gasteiger partial charge in [0.1, 0.15) is 34.2 Å². The molecule has 0 aliphatic rings. The molecule has 0 aliphatic heterocycles. The number of para-hydroxylation sites is 1. The summed E-state index contributed by atoms with van der Waals surface area (Å²) >= 11 is 0. The van der Waals surface area contributed by atoms with E-state index in [0.29, 0.717) is 17.1 Å². The van der Waals surface area contributed by atoms with E-state index in [4.69, 9.17) is 18.6 Å². The quantitative estimate of drug-likeness (QED) is 0.296. The second-order valence-corrected chi connectivity index (χ2v) is 7.18. The first-order valence-corrected chi connectivity index (χ1v) is 10.2. The first-order chi connectivity index (χ1) is 16.4. The van der Waals surface area contributed by atoms with E-state index in [1.165, 1.54) is 44.6 Å². The molecule has 0 saturated heterocycles. The summed E-state index contributed by atoms with van der Waals surface area (Å²) in [5, 5.41) is 0.254. The Morgan fingerprint density at radius 2 is 1.56 bits per heavy atom. The van der Waals surface area contributed by atoms with E-state index in [0.717, 1.165) is 0 Å². The van der Waals surface area contributed by atoms with Gasteiger partial charge >= 0.3 is 11.9 Å². The van der Waals surface area contributed by atoms with Crippen molar-refractivity contribution in [2.45, 2.75) is 6.92 Å². The Balaban J connectivity index is 1.61. The maximum Gasteiger partial charge on any atom is 0.347 e. The van der Waals surface area contributed by atoms with Gasteiger partial charge in [-0.2, -0.15) is 0 Å². The Morgan fingerprint density at radius 1 is 0.853 bits per heavy atom. The topological polar surface area (TPSA) is 101 Å². The molecule has 34 heavy (non-hydrogen) atoms. The van der Waals surface area contributed by atoms with Gasteiger partial charge in [0.25, 0.3) is 0 Å². The van der Waals surface area contributed by atoms with Crippen LogP contribution in [-0.2, 0) is 4.74 Å². The van der Waals surface area contributed by atoms with Crippen molar-refractivity contribution in [1.82, 2.24) is 0 Å². The number of methoxy groups -OCH3 is 2. The number of hydrogen-bond acceptors (Lipinski definition) is 8. The van der Waals surface area contributed by atoms with E-state index in [-0.39, 0.29) is 33.8 Å². The van der Waals surface area contributed by atoms with Crippen molar-refractivity contribution in [3.63, 3.8) is 0 Å². The smallest absolute Gasteiger partial charge is 0.347 e. The zero-order valence-corrected chi connectivity index (χ0v) is 18.6. The van der Waals surface area contributed by atoms with Crippen molar-refractivity contribution in [1.29, 1.82) is 0 Å². The third-order valence-electron chi connectivity index (χ3n) is 5.02. The Labute approximate surface area is 194 Å². The van der Waals surface area contributed by atoms with E-state index in [2.05, 4.69) is 4.74 Å². The molecule has 0 atom stereocenters. The normalized spacial score (nSPS) is 10.6. The Kier molecular flexibility index (Phi) is 6.31. The lowest BCUT2D eigenvalue weighted by molar-refractivity contribution is 0.0600. The summed E-state index contributed by atoms with van der Waals surface area (Å²) in [6.45, 7) is 1.59. The number of rotatable bonds is 6. The average molecular weight is 460 g/mol. The van der Waals surface area contributed by atoms with E-state index in [1.54, 1.807) is 43.3 Å². The van der Waals surface area contributed by atoms with E-state index in [9.17, 15) is 14.4 Å². The summed E-state index contributed by atoms with van der Waals surface area (Å²) in [6, 6.07) is 17.3. The zero-order chi connectivity index (χ0) is 24.2. The van der Waals surface area contributed by atoms with Crippen molar-refractivity contribution in [3.05, 3.63) is 93.8 Å². The van der Waals surface area contributed by atoms with Crippen LogP contribution in [-0.4, -0.2) is 26.2 Å². The Bertz CT molecular complexity index is 1430. The molecule has 1 heterocycles. The zero-order valence-electron chi connectivity index (χ0n) is 18.6. The highest BCUT2D eigenvalue weighted by molar-refractivity contribution is 5.94. The van der Waals surface area contributed by atoms with E-state index in [1.807, 2.05) is 0 Å². The summed E-state index contributed by atoms with van der Waals surface area (Å²) in [6.07, 6.45) is 0. The molecule has 0 N–H and O–H groups in total. The maximum absolute atomic E-state index is 13.0. The third kappa shape index (κ3) is 4.47. The molecule has 0 radical (unpaired) electrons. The number of aryl methyl sites for hydroxylation is 1. The number of carbonyl (C=O) groups is 2. The molecule has 0 spiro atoms. The molecule has 0 bridgehead atoms. The number of carbonyl (C=O) groups excluding carboxylic acids is 2. The lowest BCUT2D eigenvalue weighted by atomic mass is 10.2. The fourth-order valence-corrected chi connectivity index (χ4v) is 3.32. The van der Waals surface area contributed by atoms with Crippen LogP contribution < -0.4 is 19.6 Å². The summed E-state index contributed by atoms with van der Waals surface area (Å²) in [5.41, 5.74) is 0.469. The molecule has 0 fully saturated rings. The van der Waals surface area contributed by atoms with Crippen LogP contribution in [0.15, 0.2) is 75.9 Å². The first kappa shape index (κ1) is 22.6. The first-order valence-electron chi connectivity index (χ1n) is 10.2. The van der Waals surface area contributed by atoms with Gasteiger partial charge in [0.05, 0.1) is 25.2 Å². The van der Waals surface area contributed by atoms with E-state index >= 15 is 0 Å². The average Bonchev–Trinajstić information content (AvgIpc) is 2.86. The van der Waals surface area contributed by atoms with Gasteiger partial charge in [0, 0.05) is 6.07 Å². The van der Waals surface area contributed by atoms with E-state index < -0.39 is 17.4 Å². The van der Waals surface area contributed by atoms with Gasteiger partial charge in [0.15, 0.2) is 0 Å². The van der Waals surface area contributed by atoms with Crippen molar-refractivity contribution in [2.75, 3.05) is 14.2 Å². The van der Waals surface area contributed by atoms with Crippen LogP contribution >= 0.6 is 0 Å². The van der Waals surface area contributed by atoms with Crippen LogP contribution in [0.3, 0.4) is 0 Å². The predicted molar refractivity (Wildman–Crippen MR) is 123 cm³/mol. The molecule has 3 aromatic carbocycles. The highest BCUT2D eigenvalue weighted by atomic mass is 16.5. The highest BCUT2D eigenvalue weighted by Gasteiger charge is 2.18. The van der Waals surface area contributed by atoms with Crippen LogP contribution in [0.5, 0.6) is 23.0 Å². The maximum atomic E-state index is 13.0. The summed E-state index contributed by atoms with van der Waals surface area (Å²) in [7, 11) is 2.76. The molecule has 1 aromatic heterocycles. The largest absolute Gasteiger partial charge is 0.496 e. The Morgan fingerprint density at radius 3 is 2.26 bits per heavy atom. The standard InChI is InChI=1S/C26H20O8/c1-15-24(33-17-10-8-16(9-11-17)25(28)31-3)23(27)19-13-12-18(14-22(19)32-15)34-26(29)20-6-4-5-7-21(20)30-2/h4-14H,1-3H3. The molecule has 0 aliphatic carbocycles. The van der Waals surface area contributed by atoms with Crippen LogP contribution in [0.2, 0.25) is 0 Å². The monoisotopic (exact) mass is 460 g/mol. The molecule has 4 rings (SSSR count). The van der Waals surface area contributed by atoms with Gasteiger partial charge in [-0.15, -0.1) is 0 Å². The molecule has 172 valence electrons. The van der Waals surface area contributed by atoms with Crippen molar-refractivity contribution < 1.29 is 33.0 Å². The second-order valence-electron chi connectivity index (χ2n) is 7.18. The summed E-state index contributed by atoms with van der Waals surface area (Å²) in [5.74, 6) is 0.112. The SMILES string of the molecule is COC(=O)c1ccc(Oc2c(C)oc3cc(OC(=O)c4ccccc4OC)ccc3c2=O)cc1. The number of hydrogen-bond donors (Lipinski definition) is 0. The molecule has 0 saturated carbocycles. The summed E-state index contributed by atoms with van der Waals surface area (Å²) in [4.78, 5) is 37.2. The minimum absolute atomic E-state index is 0.0112. The van der Waals surface area contributed by atoms with Crippen LogP contribution in [0, 0.1) is 6.92 Å². The second kappa shape index (κ2) is 9.50. The molecule has 0 unspecified atom stereocenters. The van der Waals surface area contributed by atoms with Crippen molar-refractivity contribution in [3.8, 4) is 23.0 Å². The summed E-state index contributed by atoms with van der Waals surface area (Å²) < 4.78 is 26.8. The predicted octanol–water partition coefficient (Wildman–Crippen LogP) is 4.91. The van der Waals surface area contributed by atoms with Gasteiger partial charge in [-0.05, 0) is 55.5 Å². The number of fused-ring (bicyclic) bond motifs is 1. The van der Waals surface area contributed by atoms with Crippen LogP contribution in [0.1, 0.15) is 26.5 Å². The molecule has 8 nitrogen and oxygen atoms in total. The van der Waals surface area contributed by atoms with Crippen LogP contribution in [0.4, 0.5) is 0 Å². The molecular formula is C26H20O8. The van der Waals surface area contributed by atoms with Gasteiger partial charge in [-0.1, -0.05) is 12.1 Å². The van der Waals surface area contributed by atoms with Gasteiger partial charge in [0.2, 0.25) is 11.2 Å². The van der Waals surface area contributed by atoms with Crippen molar-refractivity contribution in [2.24, 2.45) is 0 Å². The number of ether oxygens (including phenoxy) is 4. The Hall–Kier alpha value is -4.59. The highest BCUT2D eigenvalue weighted by Crippen LogP contribution is 2.28. The fraction of sp³-hybridized carbons (Fsp3) is 0.115. The molecule has 0 amide bonds. The third-order valence-corrected chi connectivity index (χ3v) is 5.02. The molecular weight excluding hydrogens is 440 g/mol. The molecule has 4 aromatic rings. The number of esters is 2. The fourth-order valence-electron chi connectivity index (χ4n) is 3.32. The number of benzene rings is 3. The van der Waals surface area contributed by atoms with Crippen molar-refractivity contribution >= 4 is 22.9 Å². The lowest BCUT2D eigenvalue weighted by Gasteiger charge is -2.11. The lowest BCUT2D eigenvalue weighted by Crippen LogP contribution is -2.11. The minimum Gasteiger partial charge on any atom is -0.496 e. The van der Waals surface area contributed by atoms with Gasteiger partial charge in [-0.25, -0.2) is 9.59 Å².